The van der Waals surface area contributed by atoms with Crippen LogP contribution in [0.15, 0.2) is 12.1 Å². The maximum Gasteiger partial charge on any atom is 0.335 e. The van der Waals surface area contributed by atoms with Gasteiger partial charge in [-0.15, -0.1) is 0 Å². The number of rotatable bonds is 5. The molecule has 20 heavy (non-hydrogen) atoms. The van der Waals surface area contributed by atoms with Crippen LogP contribution in [-0.4, -0.2) is 34.3 Å². The Bertz CT molecular complexity index is 487. The molecule has 1 fully saturated rings. The van der Waals surface area contributed by atoms with Crippen LogP contribution < -0.4 is 5.32 Å². The number of nitrogens with one attached hydrogen (secondary N) is 1. The molecule has 0 aromatic carbocycles. The summed E-state index contributed by atoms with van der Waals surface area (Å²) in [5, 5.41) is 21.9. The Morgan fingerprint density at radius 1 is 1.35 bits per heavy atom. The Morgan fingerprint density at radius 2 is 2.05 bits per heavy atom. The van der Waals surface area contributed by atoms with E-state index in [1.165, 1.54) is 18.6 Å². The van der Waals surface area contributed by atoms with Gasteiger partial charge in [0.15, 0.2) is 0 Å². The fourth-order valence-electron chi connectivity index (χ4n) is 2.68. The fourth-order valence-corrected chi connectivity index (χ4v) is 2.89. The second kappa shape index (κ2) is 6.41. The average molecular weight is 299 g/mol. The number of halogens is 1. The molecule has 1 aliphatic carbocycles. The number of nitrogens with zero attached hydrogens (tertiary/aromatic N) is 1. The SMILES string of the molecule is O=C(O)c1cc(Cl)nc(NCC2(CO)CCCCC2)c1. The number of carboxylic acid groups (broad SMARTS) is 1. The molecule has 0 radical (unpaired) electrons. The summed E-state index contributed by atoms with van der Waals surface area (Å²) < 4.78 is 0. The molecule has 6 heteroatoms. The zero-order chi connectivity index (χ0) is 14.6. The lowest BCUT2D eigenvalue weighted by Crippen LogP contribution is -2.35. The van der Waals surface area contributed by atoms with Crippen molar-refractivity contribution in [2.24, 2.45) is 5.41 Å². The number of carbonyl (C=O) groups is 1. The molecule has 1 aliphatic rings. The van der Waals surface area contributed by atoms with E-state index in [0.29, 0.717) is 12.4 Å². The van der Waals surface area contributed by atoms with Gasteiger partial charge in [0.2, 0.25) is 0 Å². The van der Waals surface area contributed by atoms with Gasteiger partial charge in [-0.1, -0.05) is 30.9 Å². The maximum atomic E-state index is 11.0. The average Bonchev–Trinajstić information content (AvgIpc) is 2.45. The number of pyridine rings is 1. The summed E-state index contributed by atoms with van der Waals surface area (Å²) in [6.45, 7) is 0.711. The van der Waals surface area contributed by atoms with Crippen LogP contribution in [0, 0.1) is 5.41 Å². The molecule has 0 aliphatic heterocycles. The first-order valence-corrected chi connectivity index (χ1v) is 7.18. The Hall–Kier alpha value is -1.33. The monoisotopic (exact) mass is 298 g/mol. The Morgan fingerprint density at radius 3 is 2.65 bits per heavy atom. The molecule has 0 spiro atoms. The molecule has 0 saturated heterocycles. The van der Waals surface area contributed by atoms with Gasteiger partial charge in [-0.25, -0.2) is 9.78 Å². The lowest BCUT2D eigenvalue weighted by Gasteiger charge is -2.35. The Kier molecular flexibility index (Phi) is 4.83. The predicted octanol–water partition coefficient (Wildman–Crippen LogP) is 2.79. The molecule has 1 saturated carbocycles. The van der Waals surface area contributed by atoms with Crippen LogP contribution in [0.1, 0.15) is 42.5 Å². The first-order valence-electron chi connectivity index (χ1n) is 6.80. The lowest BCUT2D eigenvalue weighted by atomic mass is 9.74. The smallest absolute Gasteiger partial charge is 0.335 e. The molecule has 0 unspecified atom stereocenters. The Labute approximate surface area is 123 Å². The van der Waals surface area contributed by atoms with Crippen molar-refractivity contribution in [1.29, 1.82) is 0 Å². The van der Waals surface area contributed by atoms with E-state index in [0.717, 1.165) is 25.7 Å². The largest absolute Gasteiger partial charge is 0.478 e. The number of aromatic carboxylic acids is 1. The number of aliphatic hydroxyl groups is 1. The Balaban J connectivity index is 2.07. The molecular formula is C14H19ClN2O3. The number of aromatic nitrogens is 1. The zero-order valence-electron chi connectivity index (χ0n) is 11.2. The van der Waals surface area contributed by atoms with E-state index >= 15 is 0 Å². The van der Waals surface area contributed by atoms with E-state index in [4.69, 9.17) is 16.7 Å². The number of carboxylic acids is 1. The van der Waals surface area contributed by atoms with Gasteiger partial charge in [-0.2, -0.15) is 0 Å². The third-order valence-electron chi connectivity index (χ3n) is 3.94. The van der Waals surface area contributed by atoms with Gasteiger partial charge in [0, 0.05) is 12.0 Å². The highest BCUT2D eigenvalue weighted by Crippen LogP contribution is 2.36. The van der Waals surface area contributed by atoms with E-state index in [9.17, 15) is 9.90 Å². The summed E-state index contributed by atoms with van der Waals surface area (Å²) in [6, 6.07) is 2.78. The van der Waals surface area contributed by atoms with Crippen LogP contribution >= 0.6 is 11.6 Å². The molecular weight excluding hydrogens is 280 g/mol. The molecule has 110 valence electrons. The van der Waals surface area contributed by atoms with Gasteiger partial charge in [0.25, 0.3) is 0 Å². The van der Waals surface area contributed by atoms with Gasteiger partial charge < -0.3 is 15.5 Å². The third kappa shape index (κ3) is 3.61. The first kappa shape index (κ1) is 15.1. The maximum absolute atomic E-state index is 11.0. The van der Waals surface area contributed by atoms with Crippen LogP contribution in [0.3, 0.4) is 0 Å². The highest BCUT2D eigenvalue weighted by Gasteiger charge is 2.31. The van der Waals surface area contributed by atoms with Crippen molar-refractivity contribution in [2.45, 2.75) is 32.1 Å². The number of hydrogen-bond donors (Lipinski definition) is 3. The van der Waals surface area contributed by atoms with Gasteiger partial charge >= 0.3 is 5.97 Å². The van der Waals surface area contributed by atoms with E-state index in [-0.39, 0.29) is 22.7 Å². The van der Waals surface area contributed by atoms with Gasteiger partial charge in [0.1, 0.15) is 11.0 Å². The molecule has 1 aromatic rings. The molecule has 1 aromatic heterocycles. The summed E-state index contributed by atoms with van der Waals surface area (Å²) in [6.07, 6.45) is 5.39. The second-order valence-corrected chi connectivity index (χ2v) is 5.83. The molecule has 0 bridgehead atoms. The second-order valence-electron chi connectivity index (χ2n) is 5.44. The summed E-state index contributed by atoms with van der Waals surface area (Å²) in [5.41, 5.74) is -0.0276. The summed E-state index contributed by atoms with van der Waals surface area (Å²) in [5.74, 6) is -0.597. The topological polar surface area (TPSA) is 82.5 Å². The standard InChI is InChI=1S/C14H19ClN2O3/c15-11-6-10(13(19)20)7-12(17-11)16-8-14(9-18)4-2-1-3-5-14/h6-7,18H,1-5,8-9H2,(H,16,17)(H,19,20). The van der Waals surface area contributed by atoms with Crippen molar-refractivity contribution in [3.05, 3.63) is 22.8 Å². The third-order valence-corrected chi connectivity index (χ3v) is 4.13. The highest BCUT2D eigenvalue weighted by molar-refractivity contribution is 6.29. The van der Waals surface area contributed by atoms with Crippen molar-refractivity contribution < 1.29 is 15.0 Å². The van der Waals surface area contributed by atoms with Gasteiger partial charge in [0.05, 0.1) is 12.2 Å². The zero-order valence-corrected chi connectivity index (χ0v) is 12.0. The van der Waals surface area contributed by atoms with Gasteiger partial charge in [-0.3, -0.25) is 0 Å². The molecule has 0 atom stereocenters. The van der Waals surface area contributed by atoms with Crippen molar-refractivity contribution in [3.63, 3.8) is 0 Å². The van der Waals surface area contributed by atoms with Crippen LogP contribution in [0.5, 0.6) is 0 Å². The number of aliphatic hydroxyl groups excluding tert-OH is 1. The number of anilines is 1. The van der Waals surface area contributed by atoms with Crippen molar-refractivity contribution >= 4 is 23.4 Å². The molecule has 2 rings (SSSR count). The summed E-state index contributed by atoms with van der Waals surface area (Å²) >= 11 is 5.82. The fraction of sp³-hybridized carbons (Fsp3) is 0.571. The van der Waals surface area contributed by atoms with E-state index in [2.05, 4.69) is 10.3 Å². The van der Waals surface area contributed by atoms with Gasteiger partial charge in [-0.05, 0) is 25.0 Å². The van der Waals surface area contributed by atoms with E-state index in [1.54, 1.807) is 0 Å². The minimum Gasteiger partial charge on any atom is -0.478 e. The summed E-state index contributed by atoms with van der Waals surface area (Å²) in [4.78, 5) is 15.1. The molecule has 3 N–H and O–H groups in total. The van der Waals surface area contributed by atoms with Crippen LogP contribution in [0.4, 0.5) is 5.82 Å². The van der Waals surface area contributed by atoms with Crippen LogP contribution in [-0.2, 0) is 0 Å². The van der Waals surface area contributed by atoms with Crippen molar-refractivity contribution in [3.8, 4) is 0 Å². The molecule has 5 nitrogen and oxygen atoms in total. The molecule has 0 amide bonds. The minimum atomic E-state index is -1.04. The summed E-state index contributed by atoms with van der Waals surface area (Å²) in [7, 11) is 0. The predicted molar refractivity (Wildman–Crippen MR) is 77.3 cm³/mol. The van der Waals surface area contributed by atoms with Crippen molar-refractivity contribution in [2.75, 3.05) is 18.5 Å². The van der Waals surface area contributed by atoms with Crippen LogP contribution in [0.25, 0.3) is 0 Å². The quantitative estimate of drug-likeness (QED) is 0.728. The minimum absolute atomic E-state index is 0.106. The normalized spacial score (nSPS) is 17.7. The van der Waals surface area contributed by atoms with E-state index in [1.807, 2.05) is 0 Å². The van der Waals surface area contributed by atoms with Crippen molar-refractivity contribution in [1.82, 2.24) is 4.98 Å². The highest BCUT2D eigenvalue weighted by atomic mass is 35.5. The van der Waals surface area contributed by atoms with Crippen LogP contribution in [0.2, 0.25) is 5.15 Å². The van der Waals surface area contributed by atoms with E-state index < -0.39 is 5.97 Å². The first-order chi connectivity index (χ1) is 9.54. The molecule has 1 heterocycles. The lowest BCUT2D eigenvalue weighted by molar-refractivity contribution is 0.0696. The number of hydrogen-bond acceptors (Lipinski definition) is 4.